The number of hydrogen-bond acceptors (Lipinski definition) is 7. The van der Waals surface area contributed by atoms with Gasteiger partial charge in [0.15, 0.2) is 5.82 Å². The van der Waals surface area contributed by atoms with Gasteiger partial charge in [-0.05, 0) is 55.3 Å². The van der Waals surface area contributed by atoms with E-state index in [4.69, 9.17) is 4.74 Å². The van der Waals surface area contributed by atoms with Gasteiger partial charge in [0.2, 0.25) is 0 Å². The summed E-state index contributed by atoms with van der Waals surface area (Å²) in [6.07, 6.45) is 7.54. The predicted molar refractivity (Wildman–Crippen MR) is 129 cm³/mol. The Balaban J connectivity index is 1.57. The van der Waals surface area contributed by atoms with Gasteiger partial charge in [0, 0.05) is 29.9 Å². The van der Waals surface area contributed by atoms with E-state index in [1.165, 1.54) is 29.9 Å². The average molecular weight is 467 g/mol. The topological polar surface area (TPSA) is 117 Å². The number of urea groups is 1. The second-order valence-corrected chi connectivity index (χ2v) is 8.67. The van der Waals surface area contributed by atoms with Crippen molar-refractivity contribution >= 4 is 34.1 Å². The van der Waals surface area contributed by atoms with Gasteiger partial charge in [-0.3, -0.25) is 20.4 Å². The fraction of sp³-hybridized carbons (Fsp3) is 0.304. The maximum Gasteiger partial charge on any atom is 0.325 e. The van der Waals surface area contributed by atoms with Crippen LogP contribution >= 0.6 is 11.3 Å². The monoisotopic (exact) mass is 466 g/mol. The smallest absolute Gasteiger partial charge is 0.325 e. The van der Waals surface area contributed by atoms with Gasteiger partial charge in [-0.15, -0.1) is 11.3 Å². The molecule has 1 saturated heterocycles. The highest BCUT2D eigenvalue weighted by Crippen LogP contribution is 2.36. The lowest BCUT2D eigenvalue weighted by Crippen LogP contribution is -2.41. The first kappa shape index (κ1) is 22.7. The van der Waals surface area contributed by atoms with Gasteiger partial charge in [0.25, 0.3) is 5.91 Å². The number of thiophene rings is 1. The minimum atomic E-state index is -0.496. The van der Waals surface area contributed by atoms with Crippen LogP contribution in [-0.4, -0.2) is 48.1 Å². The van der Waals surface area contributed by atoms with E-state index >= 15 is 0 Å². The highest BCUT2D eigenvalue weighted by molar-refractivity contribution is 7.20. The lowest BCUT2D eigenvalue weighted by molar-refractivity contribution is 0.0937. The molecule has 0 bridgehead atoms. The molecule has 9 nitrogen and oxygen atoms in total. The SMILES string of the molecule is COc1ccc(-c2cc(C(=O)N[C@H]3CCCCNC3)c(NC(=O)Nc3cnccn3)s2)cc1. The summed E-state index contributed by atoms with van der Waals surface area (Å²) >= 11 is 1.33. The molecule has 10 heteroatoms. The fourth-order valence-electron chi connectivity index (χ4n) is 3.57. The first-order chi connectivity index (χ1) is 16.1. The van der Waals surface area contributed by atoms with Crippen LogP contribution in [0.25, 0.3) is 10.4 Å². The standard InChI is InChI=1S/C23H26N6O3S/c1-32-17-7-5-15(6-8-17)19-12-18(21(30)27-16-4-2-3-9-24-13-16)22(33-19)29-23(31)28-20-14-25-10-11-26-20/h5-8,10-12,14,16,24H,2-4,9,13H2,1H3,(H,27,30)(H2,26,28,29,31)/t16-/m0/s1. The van der Waals surface area contributed by atoms with Crippen molar-refractivity contribution in [2.24, 2.45) is 0 Å². The van der Waals surface area contributed by atoms with Crippen LogP contribution in [0.5, 0.6) is 5.75 Å². The molecule has 3 aromatic rings. The van der Waals surface area contributed by atoms with E-state index < -0.39 is 6.03 Å². The van der Waals surface area contributed by atoms with Crippen molar-refractivity contribution in [3.05, 3.63) is 54.5 Å². The predicted octanol–water partition coefficient (Wildman–Crippen LogP) is 3.73. The summed E-state index contributed by atoms with van der Waals surface area (Å²) in [6.45, 7) is 1.69. The molecule has 0 unspecified atom stereocenters. The third kappa shape index (κ3) is 6.05. The van der Waals surface area contributed by atoms with Crippen molar-refractivity contribution in [3.8, 4) is 16.2 Å². The maximum absolute atomic E-state index is 13.2. The Morgan fingerprint density at radius 2 is 2.00 bits per heavy atom. The van der Waals surface area contributed by atoms with Crippen LogP contribution in [0.3, 0.4) is 0 Å². The molecule has 2 aromatic heterocycles. The number of aromatic nitrogens is 2. The zero-order chi connectivity index (χ0) is 23.0. The molecule has 3 amide bonds. The van der Waals surface area contributed by atoms with E-state index in [9.17, 15) is 9.59 Å². The molecule has 1 aliphatic heterocycles. The molecule has 1 fully saturated rings. The molecular formula is C23H26N6O3S. The molecule has 3 heterocycles. The van der Waals surface area contributed by atoms with Crippen LogP contribution in [-0.2, 0) is 0 Å². The fourth-order valence-corrected chi connectivity index (χ4v) is 4.63. The highest BCUT2D eigenvalue weighted by Gasteiger charge is 2.22. The summed E-state index contributed by atoms with van der Waals surface area (Å²) in [5.41, 5.74) is 1.35. The van der Waals surface area contributed by atoms with E-state index in [2.05, 4.69) is 31.2 Å². The molecule has 33 heavy (non-hydrogen) atoms. The lowest BCUT2D eigenvalue weighted by atomic mass is 10.1. The Hall–Kier alpha value is -3.50. The summed E-state index contributed by atoms with van der Waals surface area (Å²) in [4.78, 5) is 34.6. The Kier molecular flexibility index (Phi) is 7.48. The van der Waals surface area contributed by atoms with Gasteiger partial charge in [0.05, 0.1) is 18.9 Å². The summed E-state index contributed by atoms with van der Waals surface area (Å²) in [7, 11) is 1.61. The molecule has 172 valence electrons. The Morgan fingerprint density at radius 3 is 2.76 bits per heavy atom. The number of benzene rings is 1. The number of carbonyl (C=O) groups excluding carboxylic acids is 2. The zero-order valence-corrected chi connectivity index (χ0v) is 19.1. The van der Waals surface area contributed by atoms with E-state index in [1.807, 2.05) is 30.3 Å². The number of nitrogens with zero attached hydrogens (tertiary/aromatic N) is 2. The second-order valence-electron chi connectivity index (χ2n) is 7.62. The summed E-state index contributed by atoms with van der Waals surface area (Å²) < 4.78 is 5.23. The number of carbonyl (C=O) groups is 2. The third-order valence-electron chi connectivity index (χ3n) is 5.27. The van der Waals surface area contributed by atoms with Gasteiger partial charge < -0.3 is 15.4 Å². The number of hydrogen-bond donors (Lipinski definition) is 4. The minimum absolute atomic E-state index is 0.0469. The third-order valence-corrected chi connectivity index (χ3v) is 6.36. The first-order valence-corrected chi connectivity index (χ1v) is 11.6. The molecule has 0 saturated carbocycles. The van der Waals surface area contributed by atoms with Crippen LogP contribution in [0.4, 0.5) is 15.6 Å². The molecule has 0 spiro atoms. The number of rotatable bonds is 6. The first-order valence-electron chi connectivity index (χ1n) is 10.8. The van der Waals surface area contributed by atoms with Crippen LogP contribution in [0, 0.1) is 0 Å². The zero-order valence-electron chi connectivity index (χ0n) is 18.3. The van der Waals surface area contributed by atoms with E-state index in [0.717, 1.165) is 48.5 Å². The summed E-state index contributed by atoms with van der Waals surface area (Å²) in [5, 5.41) is 12.4. The minimum Gasteiger partial charge on any atom is -0.497 e. The molecular weight excluding hydrogens is 440 g/mol. The number of methoxy groups -OCH3 is 1. The van der Waals surface area contributed by atoms with E-state index in [0.29, 0.717) is 16.4 Å². The van der Waals surface area contributed by atoms with Gasteiger partial charge in [0.1, 0.15) is 10.8 Å². The molecule has 1 atom stereocenters. The summed E-state index contributed by atoms with van der Waals surface area (Å²) in [6, 6.07) is 8.92. The van der Waals surface area contributed by atoms with Crippen LogP contribution < -0.4 is 26.0 Å². The lowest BCUT2D eigenvalue weighted by Gasteiger charge is -2.16. The second kappa shape index (κ2) is 10.9. The Labute approximate surface area is 196 Å². The molecule has 1 aliphatic rings. The molecule has 0 aliphatic carbocycles. The van der Waals surface area contributed by atoms with Crippen molar-refractivity contribution in [2.45, 2.75) is 25.3 Å². The summed E-state index contributed by atoms with van der Waals surface area (Å²) in [5.74, 6) is 0.850. The Morgan fingerprint density at radius 1 is 1.15 bits per heavy atom. The highest BCUT2D eigenvalue weighted by atomic mass is 32.1. The van der Waals surface area contributed by atoms with Crippen molar-refractivity contribution in [1.82, 2.24) is 20.6 Å². The van der Waals surface area contributed by atoms with Crippen LogP contribution in [0.2, 0.25) is 0 Å². The van der Waals surface area contributed by atoms with Crippen molar-refractivity contribution in [2.75, 3.05) is 30.8 Å². The quantitative estimate of drug-likeness (QED) is 0.440. The molecule has 4 N–H and O–H groups in total. The maximum atomic E-state index is 13.2. The van der Waals surface area contributed by atoms with E-state index in [1.54, 1.807) is 7.11 Å². The van der Waals surface area contributed by atoms with E-state index in [-0.39, 0.29) is 11.9 Å². The normalized spacial score (nSPS) is 15.8. The molecule has 0 radical (unpaired) electrons. The number of amides is 3. The Bertz CT molecular complexity index is 1080. The largest absolute Gasteiger partial charge is 0.497 e. The van der Waals surface area contributed by atoms with Crippen LogP contribution in [0.15, 0.2) is 48.9 Å². The number of nitrogens with one attached hydrogen (secondary N) is 4. The number of anilines is 2. The van der Waals surface area contributed by atoms with Crippen molar-refractivity contribution in [3.63, 3.8) is 0 Å². The van der Waals surface area contributed by atoms with Crippen molar-refractivity contribution in [1.29, 1.82) is 0 Å². The van der Waals surface area contributed by atoms with Gasteiger partial charge >= 0.3 is 6.03 Å². The van der Waals surface area contributed by atoms with Crippen LogP contribution in [0.1, 0.15) is 29.6 Å². The van der Waals surface area contributed by atoms with Gasteiger partial charge in [-0.1, -0.05) is 6.42 Å². The van der Waals surface area contributed by atoms with Gasteiger partial charge in [-0.25, -0.2) is 9.78 Å². The van der Waals surface area contributed by atoms with Crippen molar-refractivity contribution < 1.29 is 14.3 Å². The molecule has 1 aromatic carbocycles. The average Bonchev–Trinajstić information content (AvgIpc) is 3.07. The molecule has 4 rings (SSSR count). The number of ether oxygens (including phenoxy) is 1. The van der Waals surface area contributed by atoms with Gasteiger partial charge in [-0.2, -0.15) is 0 Å².